The average Bonchev–Trinajstić information content (AvgIpc) is 3.03. The molecule has 0 bridgehead atoms. The van der Waals surface area contributed by atoms with Crippen molar-refractivity contribution in [2.45, 2.75) is 13.5 Å². The molecule has 9 heteroatoms. The Bertz CT molecular complexity index is 683. The van der Waals surface area contributed by atoms with Crippen LogP contribution in [0, 0.1) is 0 Å². The first-order valence-corrected chi connectivity index (χ1v) is 7.18. The highest BCUT2D eigenvalue weighted by Gasteiger charge is 2.14. The zero-order valence-corrected chi connectivity index (χ0v) is 13.4. The summed E-state index contributed by atoms with van der Waals surface area (Å²) in [6.45, 7) is 2.23. The van der Waals surface area contributed by atoms with Crippen LogP contribution in [0.3, 0.4) is 0 Å². The SMILES string of the molecule is COCCNC(=O)c1nc(COc2ccc(NC(C)=O)cc2)no1. The van der Waals surface area contributed by atoms with Crippen molar-refractivity contribution in [1.82, 2.24) is 15.5 Å². The van der Waals surface area contributed by atoms with E-state index in [0.717, 1.165) is 0 Å². The van der Waals surface area contributed by atoms with Crippen LogP contribution >= 0.6 is 0 Å². The number of hydrogen-bond acceptors (Lipinski definition) is 7. The van der Waals surface area contributed by atoms with E-state index >= 15 is 0 Å². The average molecular weight is 334 g/mol. The Balaban J connectivity index is 1.84. The predicted octanol–water partition coefficient (Wildman–Crippen LogP) is 0.983. The lowest BCUT2D eigenvalue weighted by molar-refractivity contribution is -0.114. The second kappa shape index (κ2) is 8.63. The minimum Gasteiger partial charge on any atom is -0.485 e. The molecule has 1 aromatic heterocycles. The molecule has 0 spiro atoms. The normalized spacial score (nSPS) is 10.2. The fourth-order valence-corrected chi connectivity index (χ4v) is 1.73. The molecule has 0 radical (unpaired) electrons. The molecule has 0 saturated heterocycles. The topological polar surface area (TPSA) is 116 Å². The molecule has 24 heavy (non-hydrogen) atoms. The molecule has 2 amide bonds. The van der Waals surface area contributed by atoms with Crippen molar-refractivity contribution in [2.24, 2.45) is 0 Å². The third-order valence-electron chi connectivity index (χ3n) is 2.80. The number of nitrogens with zero attached hydrogens (tertiary/aromatic N) is 2. The second-order valence-corrected chi connectivity index (χ2v) is 4.76. The standard InChI is InChI=1S/C15H18N4O5/c1-10(20)17-11-3-5-12(6-4-11)23-9-13-18-15(24-19-13)14(21)16-7-8-22-2/h3-6H,7-9H2,1-2H3,(H,16,21)(H,17,20). The van der Waals surface area contributed by atoms with Gasteiger partial charge in [-0.15, -0.1) is 0 Å². The monoisotopic (exact) mass is 334 g/mol. The lowest BCUT2D eigenvalue weighted by atomic mass is 10.3. The van der Waals surface area contributed by atoms with Gasteiger partial charge < -0.3 is 24.6 Å². The summed E-state index contributed by atoms with van der Waals surface area (Å²) in [4.78, 5) is 26.6. The van der Waals surface area contributed by atoms with Crippen LogP contribution < -0.4 is 15.4 Å². The van der Waals surface area contributed by atoms with Crippen LogP contribution in [0.1, 0.15) is 23.4 Å². The molecule has 2 rings (SSSR count). The Hall–Kier alpha value is -2.94. The minimum atomic E-state index is -0.467. The van der Waals surface area contributed by atoms with Crippen LogP contribution in [0.2, 0.25) is 0 Å². The van der Waals surface area contributed by atoms with Crippen LogP contribution in [0.4, 0.5) is 5.69 Å². The number of carbonyl (C=O) groups is 2. The molecule has 0 atom stereocenters. The molecule has 0 unspecified atom stereocenters. The van der Waals surface area contributed by atoms with Crippen LogP contribution in [0.15, 0.2) is 28.8 Å². The van der Waals surface area contributed by atoms with Gasteiger partial charge in [-0.05, 0) is 24.3 Å². The van der Waals surface area contributed by atoms with Gasteiger partial charge in [0.1, 0.15) is 5.75 Å². The maximum atomic E-state index is 11.7. The van der Waals surface area contributed by atoms with E-state index in [0.29, 0.717) is 24.6 Å². The van der Waals surface area contributed by atoms with Crippen molar-refractivity contribution in [2.75, 3.05) is 25.6 Å². The van der Waals surface area contributed by atoms with E-state index < -0.39 is 5.91 Å². The van der Waals surface area contributed by atoms with Gasteiger partial charge in [0.05, 0.1) is 6.61 Å². The maximum Gasteiger partial charge on any atom is 0.316 e. The van der Waals surface area contributed by atoms with Crippen LogP contribution in [-0.2, 0) is 16.1 Å². The maximum absolute atomic E-state index is 11.7. The number of anilines is 1. The number of hydrogen-bond donors (Lipinski definition) is 2. The molecule has 0 aliphatic rings. The number of benzene rings is 1. The molecule has 9 nitrogen and oxygen atoms in total. The smallest absolute Gasteiger partial charge is 0.316 e. The number of ether oxygens (including phenoxy) is 2. The Kier molecular flexibility index (Phi) is 6.26. The number of nitrogens with one attached hydrogen (secondary N) is 2. The molecular formula is C15H18N4O5. The van der Waals surface area contributed by atoms with E-state index in [1.165, 1.54) is 14.0 Å². The first-order chi connectivity index (χ1) is 11.6. The Labute approximate surface area is 138 Å². The third-order valence-corrected chi connectivity index (χ3v) is 2.80. The van der Waals surface area contributed by atoms with E-state index in [-0.39, 0.29) is 24.2 Å². The van der Waals surface area contributed by atoms with Crippen molar-refractivity contribution in [1.29, 1.82) is 0 Å². The Morgan fingerprint density at radius 1 is 1.25 bits per heavy atom. The van der Waals surface area contributed by atoms with Crippen molar-refractivity contribution in [3.05, 3.63) is 36.0 Å². The highest BCUT2D eigenvalue weighted by Crippen LogP contribution is 2.16. The number of carbonyl (C=O) groups excluding carboxylic acids is 2. The third kappa shape index (κ3) is 5.36. The lowest BCUT2D eigenvalue weighted by Crippen LogP contribution is -2.27. The van der Waals surface area contributed by atoms with Gasteiger partial charge in [-0.25, -0.2) is 0 Å². The van der Waals surface area contributed by atoms with Gasteiger partial charge in [0.25, 0.3) is 0 Å². The zero-order valence-electron chi connectivity index (χ0n) is 13.4. The Morgan fingerprint density at radius 3 is 2.67 bits per heavy atom. The van der Waals surface area contributed by atoms with Gasteiger partial charge in [0, 0.05) is 26.3 Å². The molecule has 1 heterocycles. The van der Waals surface area contributed by atoms with E-state index in [4.69, 9.17) is 14.0 Å². The van der Waals surface area contributed by atoms with Crippen LogP contribution in [-0.4, -0.2) is 42.2 Å². The van der Waals surface area contributed by atoms with Crippen molar-refractivity contribution >= 4 is 17.5 Å². The molecule has 0 aliphatic heterocycles. The van der Waals surface area contributed by atoms with E-state index in [9.17, 15) is 9.59 Å². The van der Waals surface area contributed by atoms with Crippen molar-refractivity contribution < 1.29 is 23.6 Å². The molecule has 2 aromatic rings. The van der Waals surface area contributed by atoms with Gasteiger partial charge in [0.2, 0.25) is 11.7 Å². The van der Waals surface area contributed by atoms with Gasteiger partial charge in [0.15, 0.2) is 6.61 Å². The number of rotatable bonds is 8. The number of amides is 2. The van der Waals surface area contributed by atoms with Crippen molar-refractivity contribution in [3.8, 4) is 5.75 Å². The first kappa shape index (κ1) is 17.4. The summed E-state index contributed by atoms with van der Waals surface area (Å²) in [5.74, 6) is 0.0702. The number of methoxy groups -OCH3 is 1. The predicted molar refractivity (Wildman–Crippen MR) is 83.6 cm³/mol. The van der Waals surface area contributed by atoms with Crippen LogP contribution in [0.25, 0.3) is 0 Å². The summed E-state index contributed by atoms with van der Waals surface area (Å²) >= 11 is 0. The largest absolute Gasteiger partial charge is 0.485 e. The van der Waals surface area contributed by atoms with Gasteiger partial charge in [-0.2, -0.15) is 4.98 Å². The summed E-state index contributed by atoms with van der Waals surface area (Å²) in [7, 11) is 1.54. The fourth-order valence-electron chi connectivity index (χ4n) is 1.73. The van der Waals surface area contributed by atoms with Crippen molar-refractivity contribution in [3.63, 3.8) is 0 Å². The van der Waals surface area contributed by atoms with Crippen LogP contribution in [0.5, 0.6) is 5.75 Å². The molecule has 2 N–H and O–H groups in total. The number of aromatic nitrogens is 2. The van der Waals surface area contributed by atoms with Gasteiger partial charge >= 0.3 is 11.8 Å². The van der Waals surface area contributed by atoms with Gasteiger partial charge in [-0.1, -0.05) is 5.16 Å². The second-order valence-electron chi connectivity index (χ2n) is 4.76. The molecule has 128 valence electrons. The quantitative estimate of drug-likeness (QED) is 0.691. The summed E-state index contributed by atoms with van der Waals surface area (Å²) in [6.07, 6.45) is 0. The fraction of sp³-hybridized carbons (Fsp3) is 0.333. The summed E-state index contributed by atoms with van der Waals surface area (Å²) in [5.41, 5.74) is 0.671. The molecule has 0 aliphatic carbocycles. The minimum absolute atomic E-state index is 0.0499. The summed E-state index contributed by atoms with van der Waals surface area (Å²) in [5, 5.41) is 8.91. The zero-order chi connectivity index (χ0) is 17.4. The summed E-state index contributed by atoms with van der Waals surface area (Å²) < 4.78 is 15.2. The Morgan fingerprint density at radius 2 is 2.00 bits per heavy atom. The first-order valence-electron chi connectivity index (χ1n) is 7.18. The molecule has 1 aromatic carbocycles. The van der Waals surface area contributed by atoms with E-state index in [1.54, 1.807) is 24.3 Å². The van der Waals surface area contributed by atoms with Gasteiger partial charge in [-0.3, -0.25) is 9.59 Å². The highest BCUT2D eigenvalue weighted by molar-refractivity contribution is 5.89. The van der Waals surface area contributed by atoms with E-state index in [1.807, 2.05) is 0 Å². The summed E-state index contributed by atoms with van der Waals surface area (Å²) in [6, 6.07) is 6.82. The van der Waals surface area contributed by atoms with E-state index in [2.05, 4.69) is 20.8 Å². The highest BCUT2D eigenvalue weighted by atomic mass is 16.5. The molecule has 0 fully saturated rings. The lowest BCUT2D eigenvalue weighted by Gasteiger charge is -2.05. The molecular weight excluding hydrogens is 316 g/mol. The molecule has 0 saturated carbocycles.